The number of carbonyl (C=O) groups excluding carboxylic acids is 2. The van der Waals surface area contributed by atoms with Gasteiger partial charge >= 0.3 is 0 Å². The number of rotatable bonds is 8. The first-order chi connectivity index (χ1) is 13.7. The second kappa shape index (κ2) is 9.12. The number of nitrogens with one attached hydrogen (secondary N) is 2. The van der Waals surface area contributed by atoms with Crippen molar-refractivity contribution in [3.05, 3.63) is 11.6 Å². The maximum absolute atomic E-state index is 14.7. The standard InChI is InChI=1S/C20H32FN3O4S/c1-13(2)19(23-29(27,28)15-7-8-15)20(26)22-17-9-10-24(12-16(17)21)18(25)11-14-5-3-4-6-14/h5,13,15-17,19,23H,3-4,6-12H2,1-2H3,(H,22,26)/t16?,17?,19-/m1/s1. The van der Waals surface area contributed by atoms with Gasteiger partial charge in [-0.05, 0) is 44.4 Å². The number of alkyl halides is 1. The molecule has 2 N–H and O–H groups in total. The molecule has 7 nitrogen and oxygen atoms in total. The van der Waals surface area contributed by atoms with E-state index >= 15 is 0 Å². The Bertz CT molecular complexity index is 764. The van der Waals surface area contributed by atoms with Crippen LogP contribution in [0.25, 0.3) is 0 Å². The summed E-state index contributed by atoms with van der Waals surface area (Å²) in [6, 6.07) is -1.65. The van der Waals surface area contributed by atoms with Crippen molar-refractivity contribution in [2.24, 2.45) is 5.92 Å². The molecule has 0 bridgehead atoms. The Kier molecular flexibility index (Phi) is 6.98. The van der Waals surface area contributed by atoms with E-state index in [0.29, 0.717) is 32.2 Å². The first kappa shape index (κ1) is 22.2. The molecule has 29 heavy (non-hydrogen) atoms. The second-order valence-electron chi connectivity index (χ2n) is 8.77. The number of nitrogens with zero attached hydrogens (tertiary/aromatic N) is 1. The Morgan fingerprint density at radius 1 is 1.28 bits per heavy atom. The lowest BCUT2D eigenvalue weighted by atomic mass is 9.99. The number of carbonyl (C=O) groups is 2. The Morgan fingerprint density at radius 2 is 2.00 bits per heavy atom. The largest absolute Gasteiger partial charge is 0.349 e. The summed E-state index contributed by atoms with van der Waals surface area (Å²) in [5.74, 6) is -0.835. The van der Waals surface area contributed by atoms with Gasteiger partial charge in [0.2, 0.25) is 21.8 Å². The predicted octanol–water partition coefficient (Wildman–Crippen LogP) is 1.65. The van der Waals surface area contributed by atoms with Gasteiger partial charge in [-0.25, -0.2) is 17.5 Å². The lowest BCUT2D eigenvalue weighted by molar-refractivity contribution is -0.133. The van der Waals surface area contributed by atoms with E-state index in [-0.39, 0.29) is 18.4 Å². The van der Waals surface area contributed by atoms with E-state index in [4.69, 9.17) is 0 Å². The van der Waals surface area contributed by atoms with Crippen LogP contribution in [0.3, 0.4) is 0 Å². The molecule has 0 spiro atoms. The summed E-state index contributed by atoms with van der Waals surface area (Å²) < 4.78 is 41.6. The van der Waals surface area contributed by atoms with Crippen molar-refractivity contribution in [2.45, 2.75) is 82.3 Å². The fraction of sp³-hybridized carbons (Fsp3) is 0.800. The lowest BCUT2D eigenvalue weighted by Crippen LogP contribution is -2.58. The van der Waals surface area contributed by atoms with E-state index < -0.39 is 39.4 Å². The van der Waals surface area contributed by atoms with Crippen molar-refractivity contribution in [3.8, 4) is 0 Å². The average molecular weight is 430 g/mol. The van der Waals surface area contributed by atoms with Crippen LogP contribution in [-0.2, 0) is 19.6 Å². The van der Waals surface area contributed by atoms with E-state index in [1.54, 1.807) is 13.8 Å². The van der Waals surface area contributed by atoms with Gasteiger partial charge in [-0.3, -0.25) is 9.59 Å². The third-order valence-electron chi connectivity index (χ3n) is 5.94. The van der Waals surface area contributed by atoms with Crippen LogP contribution in [0.1, 0.15) is 58.8 Å². The predicted molar refractivity (Wildman–Crippen MR) is 108 cm³/mol. The first-order valence-corrected chi connectivity index (χ1v) is 12.1. The van der Waals surface area contributed by atoms with Crippen LogP contribution in [0.5, 0.6) is 0 Å². The van der Waals surface area contributed by atoms with Crippen LogP contribution in [0.4, 0.5) is 4.39 Å². The summed E-state index contributed by atoms with van der Waals surface area (Å²) in [6.07, 6.45) is 5.61. The molecular weight excluding hydrogens is 397 g/mol. The van der Waals surface area contributed by atoms with E-state index in [1.807, 2.05) is 0 Å². The molecule has 1 heterocycles. The molecule has 2 unspecified atom stereocenters. The van der Waals surface area contributed by atoms with E-state index in [0.717, 1.165) is 24.8 Å². The van der Waals surface area contributed by atoms with Gasteiger partial charge < -0.3 is 10.2 Å². The number of amides is 2. The van der Waals surface area contributed by atoms with Gasteiger partial charge in [-0.1, -0.05) is 25.5 Å². The highest BCUT2D eigenvalue weighted by Gasteiger charge is 2.40. The molecule has 2 amide bonds. The number of halogens is 1. The molecule has 9 heteroatoms. The van der Waals surface area contributed by atoms with Crippen LogP contribution in [0.2, 0.25) is 0 Å². The van der Waals surface area contributed by atoms with Crippen LogP contribution in [0, 0.1) is 5.92 Å². The van der Waals surface area contributed by atoms with Gasteiger partial charge in [0, 0.05) is 13.0 Å². The molecule has 0 aromatic heterocycles. The number of allylic oxidation sites excluding steroid dienone is 1. The van der Waals surface area contributed by atoms with E-state index in [9.17, 15) is 22.4 Å². The van der Waals surface area contributed by atoms with Gasteiger partial charge in [0.05, 0.1) is 17.8 Å². The lowest BCUT2D eigenvalue weighted by Gasteiger charge is -2.36. The monoisotopic (exact) mass is 429 g/mol. The zero-order valence-electron chi connectivity index (χ0n) is 17.2. The minimum absolute atomic E-state index is 0.0444. The van der Waals surface area contributed by atoms with Crippen LogP contribution in [0.15, 0.2) is 11.6 Å². The third kappa shape index (κ3) is 5.78. The summed E-state index contributed by atoms with van der Waals surface area (Å²) in [5, 5.41) is 2.25. The van der Waals surface area contributed by atoms with Crippen LogP contribution >= 0.6 is 0 Å². The molecule has 3 aliphatic rings. The molecule has 1 saturated heterocycles. The average Bonchev–Trinajstić information content (AvgIpc) is 3.40. The number of likely N-dealkylation sites (tertiary alicyclic amines) is 1. The van der Waals surface area contributed by atoms with Crippen LogP contribution in [-0.4, -0.2) is 61.7 Å². The van der Waals surface area contributed by atoms with E-state index in [1.165, 1.54) is 4.90 Å². The van der Waals surface area contributed by atoms with Crippen molar-refractivity contribution in [1.82, 2.24) is 14.9 Å². The smallest absolute Gasteiger partial charge is 0.238 e. The van der Waals surface area contributed by atoms with Crippen molar-refractivity contribution in [1.29, 1.82) is 0 Å². The van der Waals surface area contributed by atoms with Crippen molar-refractivity contribution >= 4 is 21.8 Å². The zero-order valence-corrected chi connectivity index (χ0v) is 18.0. The SMILES string of the molecule is CC(C)[C@@H](NS(=O)(=O)C1CC1)C(=O)NC1CCN(C(=O)CC2=CCCC2)CC1F. The molecule has 1 saturated carbocycles. The third-order valence-corrected chi connectivity index (χ3v) is 7.87. The van der Waals surface area contributed by atoms with Gasteiger partial charge in [0.15, 0.2) is 0 Å². The number of sulfonamides is 1. The number of piperidine rings is 1. The van der Waals surface area contributed by atoms with Gasteiger partial charge in [-0.15, -0.1) is 0 Å². The quantitative estimate of drug-likeness (QED) is 0.574. The Morgan fingerprint density at radius 3 is 2.55 bits per heavy atom. The molecule has 0 aromatic carbocycles. The van der Waals surface area contributed by atoms with E-state index in [2.05, 4.69) is 16.1 Å². The number of hydrogen-bond donors (Lipinski definition) is 2. The van der Waals surface area contributed by atoms with Gasteiger partial charge in [-0.2, -0.15) is 0 Å². The summed E-state index contributed by atoms with van der Waals surface area (Å²) in [5.41, 5.74) is 1.13. The summed E-state index contributed by atoms with van der Waals surface area (Å²) in [7, 11) is -3.53. The van der Waals surface area contributed by atoms with Gasteiger partial charge in [0.1, 0.15) is 12.2 Å². The summed E-state index contributed by atoms with van der Waals surface area (Å²) >= 11 is 0. The van der Waals surface area contributed by atoms with Crippen molar-refractivity contribution < 1.29 is 22.4 Å². The Hall–Kier alpha value is -1.48. The second-order valence-corrected chi connectivity index (χ2v) is 10.8. The molecular formula is C20H32FN3O4S. The highest BCUT2D eigenvalue weighted by Crippen LogP contribution is 2.28. The minimum Gasteiger partial charge on any atom is -0.349 e. The zero-order chi connectivity index (χ0) is 21.2. The molecule has 0 aromatic rings. The first-order valence-electron chi connectivity index (χ1n) is 10.6. The molecule has 3 atom stereocenters. The molecule has 2 aliphatic carbocycles. The number of hydrogen-bond acceptors (Lipinski definition) is 4. The molecule has 164 valence electrons. The van der Waals surface area contributed by atoms with Crippen LogP contribution < -0.4 is 10.0 Å². The van der Waals surface area contributed by atoms with Crippen molar-refractivity contribution in [3.63, 3.8) is 0 Å². The Balaban J connectivity index is 1.53. The molecule has 2 fully saturated rings. The van der Waals surface area contributed by atoms with Gasteiger partial charge in [0.25, 0.3) is 0 Å². The highest BCUT2D eigenvalue weighted by molar-refractivity contribution is 7.90. The fourth-order valence-electron chi connectivity index (χ4n) is 3.91. The minimum atomic E-state index is -3.53. The highest BCUT2D eigenvalue weighted by atomic mass is 32.2. The normalized spacial score (nSPS) is 26.3. The molecule has 1 aliphatic heterocycles. The molecule has 0 radical (unpaired) electrons. The maximum atomic E-state index is 14.7. The topological polar surface area (TPSA) is 95.6 Å². The fourth-order valence-corrected chi connectivity index (χ4v) is 5.60. The summed E-state index contributed by atoms with van der Waals surface area (Å²) in [4.78, 5) is 26.6. The van der Waals surface area contributed by atoms with Crippen molar-refractivity contribution in [2.75, 3.05) is 13.1 Å². The summed E-state index contributed by atoms with van der Waals surface area (Å²) in [6.45, 7) is 3.85. The maximum Gasteiger partial charge on any atom is 0.238 e. The Labute approximate surface area is 172 Å². The molecule has 3 rings (SSSR count).